The normalized spacial score (nSPS) is 23.8. The molecule has 2 aliphatic heterocycles. The number of anilines is 1. The van der Waals surface area contributed by atoms with Gasteiger partial charge in [0, 0.05) is 58.8 Å². The molecule has 0 bridgehead atoms. The Kier molecular flexibility index (Phi) is 5.64. The van der Waals surface area contributed by atoms with Crippen LogP contribution in [0.2, 0.25) is 0 Å². The Balaban J connectivity index is 1.48. The van der Waals surface area contributed by atoms with Crippen LogP contribution in [0.4, 0.5) is 5.82 Å². The molecule has 23 heavy (non-hydrogen) atoms. The Morgan fingerprint density at radius 3 is 3.00 bits per heavy atom. The Bertz CT molecular complexity index is 557. The van der Waals surface area contributed by atoms with Crippen LogP contribution < -0.4 is 10.9 Å². The zero-order valence-corrected chi connectivity index (χ0v) is 13.7. The number of morpholine rings is 1. The first kappa shape index (κ1) is 16.4. The number of nitrogens with zero attached hydrogens (tertiary/aromatic N) is 3. The second-order valence-corrected chi connectivity index (χ2v) is 6.38. The topological polar surface area (TPSA) is 68.6 Å². The van der Waals surface area contributed by atoms with Gasteiger partial charge >= 0.3 is 0 Å². The smallest absolute Gasteiger partial charge is 0.293 e. The molecule has 2 saturated heterocycles. The van der Waals surface area contributed by atoms with Crippen LogP contribution in [0, 0.1) is 5.92 Å². The first-order valence-corrected chi connectivity index (χ1v) is 8.39. The molecule has 1 N–H and O–H groups in total. The van der Waals surface area contributed by atoms with E-state index in [1.54, 1.807) is 19.4 Å². The van der Waals surface area contributed by atoms with E-state index in [1.165, 1.54) is 4.57 Å². The maximum absolute atomic E-state index is 11.9. The highest BCUT2D eigenvalue weighted by Gasteiger charge is 2.24. The Morgan fingerprint density at radius 2 is 2.17 bits per heavy atom. The predicted octanol–water partition coefficient (Wildman–Crippen LogP) is 0.320. The van der Waals surface area contributed by atoms with Crippen molar-refractivity contribution >= 4 is 5.82 Å². The van der Waals surface area contributed by atoms with E-state index in [0.717, 1.165) is 58.2 Å². The molecule has 0 spiro atoms. The summed E-state index contributed by atoms with van der Waals surface area (Å²) in [6.07, 6.45) is 5.69. The van der Waals surface area contributed by atoms with E-state index in [9.17, 15) is 4.79 Å². The minimum absolute atomic E-state index is 0.0929. The molecule has 2 fully saturated rings. The van der Waals surface area contributed by atoms with Crippen molar-refractivity contribution in [1.29, 1.82) is 0 Å². The average Bonchev–Trinajstić information content (AvgIpc) is 2.57. The molecule has 1 aromatic rings. The van der Waals surface area contributed by atoms with E-state index < -0.39 is 0 Å². The quantitative estimate of drug-likeness (QED) is 0.842. The lowest BCUT2D eigenvalue weighted by Crippen LogP contribution is -2.47. The van der Waals surface area contributed by atoms with Crippen molar-refractivity contribution < 1.29 is 9.47 Å². The van der Waals surface area contributed by atoms with Gasteiger partial charge in [-0.3, -0.25) is 9.69 Å². The lowest BCUT2D eigenvalue weighted by molar-refractivity contribution is -0.0333. The summed E-state index contributed by atoms with van der Waals surface area (Å²) in [5, 5.41) is 3.13. The molecule has 1 atom stereocenters. The van der Waals surface area contributed by atoms with Crippen LogP contribution in [0.15, 0.2) is 17.2 Å². The molecule has 7 heteroatoms. The summed E-state index contributed by atoms with van der Waals surface area (Å²) in [6, 6.07) is 0. The van der Waals surface area contributed by atoms with Gasteiger partial charge in [0.15, 0.2) is 5.82 Å². The van der Waals surface area contributed by atoms with Crippen LogP contribution in [0.1, 0.15) is 12.8 Å². The van der Waals surface area contributed by atoms with Gasteiger partial charge in [0.2, 0.25) is 0 Å². The number of nitrogens with one attached hydrogen (secondary N) is 1. The third kappa shape index (κ3) is 4.53. The predicted molar refractivity (Wildman–Crippen MR) is 87.7 cm³/mol. The lowest BCUT2D eigenvalue weighted by Gasteiger charge is -2.36. The molecular weight excluding hydrogens is 296 g/mol. The molecule has 1 unspecified atom stereocenters. The van der Waals surface area contributed by atoms with Crippen molar-refractivity contribution in [3.8, 4) is 0 Å². The fraction of sp³-hybridized carbons (Fsp3) is 0.750. The van der Waals surface area contributed by atoms with E-state index in [0.29, 0.717) is 12.4 Å². The first-order valence-electron chi connectivity index (χ1n) is 8.39. The summed E-state index contributed by atoms with van der Waals surface area (Å²) in [4.78, 5) is 18.5. The third-order valence-electron chi connectivity index (χ3n) is 4.59. The number of rotatable bonds is 5. The third-order valence-corrected chi connectivity index (χ3v) is 4.59. The van der Waals surface area contributed by atoms with Crippen molar-refractivity contribution in [2.75, 3.05) is 51.3 Å². The fourth-order valence-electron chi connectivity index (χ4n) is 3.19. The van der Waals surface area contributed by atoms with Gasteiger partial charge in [-0.2, -0.15) is 0 Å². The van der Waals surface area contributed by atoms with Crippen molar-refractivity contribution in [1.82, 2.24) is 14.5 Å². The maximum atomic E-state index is 11.9. The highest BCUT2D eigenvalue weighted by Crippen LogP contribution is 2.17. The van der Waals surface area contributed by atoms with Gasteiger partial charge in [0.25, 0.3) is 5.56 Å². The van der Waals surface area contributed by atoms with Gasteiger partial charge in [0.05, 0.1) is 12.7 Å². The summed E-state index contributed by atoms with van der Waals surface area (Å²) >= 11 is 0. The molecule has 0 saturated carbocycles. The molecule has 7 nitrogen and oxygen atoms in total. The van der Waals surface area contributed by atoms with E-state index in [2.05, 4.69) is 15.2 Å². The summed E-state index contributed by atoms with van der Waals surface area (Å²) in [5.41, 5.74) is -0.109. The zero-order valence-electron chi connectivity index (χ0n) is 13.7. The van der Waals surface area contributed by atoms with E-state index in [1.807, 2.05) is 0 Å². The van der Waals surface area contributed by atoms with Crippen LogP contribution >= 0.6 is 0 Å². The van der Waals surface area contributed by atoms with Gasteiger partial charge in [-0.05, 0) is 18.8 Å². The number of aromatic nitrogens is 2. The second kappa shape index (κ2) is 7.90. The molecule has 3 heterocycles. The number of aryl methyl sites for hydroxylation is 1. The molecule has 2 aliphatic rings. The number of hydrogen-bond acceptors (Lipinski definition) is 6. The minimum Gasteiger partial charge on any atom is -0.381 e. The van der Waals surface area contributed by atoms with Gasteiger partial charge in [0.1, 0.15) is 0 Å². The largest absolute Gasteiger partial charge is 0.381 e. The minimum atomic E-state index is -0.109. The number of ether oxygens (including phenoxy) is 2. The SMILES string of the molecule is Cn1ccnc(NCC2CN(CC3CCOCC3)CCO2)c1=O. The maximum Gasteiger partial charge on any atom is 0.293 e. The highest BCUT2D eigenvalue weighted by molar-refractivity contribution is 5.30. The van der Waals surface area contributed by atoms with Crippen molar-refractivity contribution in [3.63, 3.8) is 0 Å². The molecule has 0 aliphatic carbocycles. The molecule has 0 aromatic carbocycles. The average molecular weight is 322 g/mol. The van der Waals surface area contributed by atoms with Crippen molar-refractivity contribution in [2.45, 2.75) is 18.9 Å². The fourth-order valence-corrected chi connectivity index (χ4v) is 3.19. The molecule has 1 aromatic heterocycles. The van der Waals surface area contributed by atoms with E-state index >= 15 is 0 Å². The van der Waals surface area contributed by atoms with E-state index in [-0.39, 0.29) is 11.7 Å². The summed E-state index contributed by atoms with van der Waals surface area (Å²) in [7, 11) is 1.72. The summed E-state index contributed by atoms with van der Waals surface area (Å²) < 4.78 is 12.8. The second-order valence-electron chi connectivity index (χ2n) is 6.38. The van der Waals surface area contributed by atoms with Gasteiger partial charge in [-0.1, -0.05) is 0 Å². The monoisotopic (exact) mass is 322 g/mol. The molecule has 0 amide bonds. The van der Waals surface area contributed by atoms with Crippen LogP contribution in [-0.2, 0) is 16.5 Å². The van der Waals surface area contributed by atoms with Crippen LogP contribution in [0.3, 0.4) is 0 Å². The first-order chi connectivity index (χ1) is 11.2. The zero-order chi connectivity index (χ0) is 16.1. The molecular formula is C16H26N4O3. The van der Waals surface area contributed by atoms with Gasteiger partial charge < -0.3 is 19.4 Å². The highest BCUT2D eigenvalue weighted by atomic mass is 16.5. The summed E-state index contributed by atoms with van der Waals surface area (Å²) in [5.74, 6) is 1.12. The van der Waals surface area contributed by atoms with Crippen LogP contribution in [0.5, 0.6) is 0 Å². The molecule has 3 rings (SSSR count). The molecule has 128 valence electrons. The summed E-state index contributed by atoms with van der Waals surface area (Å²) in [6.45, 7) is 6.14. The van der Waals surface area contributed by atoms with E-state index in [4.69, 9.17) is 9.47 Å². The lowest BCUT2D eigenvalue weighted by atomic mass is 9.99. The van der Waals surface area contributed by atoms with Crippen molar-refractivity contribution in [3.05, 3.63) is 22.7 Å². The Hall–Kier alpha value is -1.44. The Labute approximate surface area is 136 Å². The van der Waals surface area contributed by atoms with Gasteiger partial charge in [-0.15, -0.1) is 0 Å². The number of hydrogen-bond donors (Lipinski definition) is 1. The standard InChI is InChI=1S/C16H26N4O3/c1-19-5-4-17-15(16(19)21)18-10-14-12-20(6-9-23-14)11-13-2-7-22-8-3-13/h4-5,13-14H,2-3,6-12H2,1H3,(H,17,18). The Morgan fingerprint density at radius 1 is 1.35 bits per heavy atom. The molecule has 0 radical (unpaired) electrons. The van der Waals surface area contributed by atoms with Crippen molar-refractivity contribution in [2.24, 2.45) is 13.0 Å². The van der Waals surface area contributed by atoms with Crippen LogP contribution in [-0.4, -0.2) is 66.6 Å². The van der Waals surface area contributed by atoms with Crippen LogP contribution in [0.25, 0.3) is 0 Å². The van der Waals surface area contributed by atoms with Gasteiger partial charge in [-0.25, -0.2) is 4.98 Å².